The molecule has 0 aliphatic carbocycles. The van der Waals surface area contributed by atoms with Gasteiger partial charge in [-0.05, 0) is 23.8 Å². The number of nitrogens with zero attached hydrogens (tertiary/aromatic N) is 3. The molecule has 0 unspecified atom stereocenters. The molecular formula is C20H22N4O4. The molecule has 0 bridgehead atoms. The molecule has 0 aliphatic rings. The van der Waals surface area contributed by atoms with Crippen LogP contribution in [0.2, 0.25) is 0 Å². The van der Waals surface area contributed by atoms with Gasteiger partial charge in [0.05, 0.1) is 40.3 Å². The van der Waals surface area contributed by atoms with Crippen molar-refractivity contribution in [2.24, 2.45) is 0 Å². The summed E-state index contributed by atoms with van der Waals surface area (Å²) in [5.74, 6) is 3.11. The molecule has 1 aromatic carbocycles. The molecule has 2 aromatic heterocycles. The molecule has 0 saturated carbocycles. The van der Waals surface area contributed by atoms with Crippen LogP contribution in [0.15, 0.2) is 43.0 Å². The van der Waals surface area contributed by atoms with Crippen molar-refractivity contribution in [3.63, 3.8) is 0 Å². The molecule has 3 aromatic rings. The van der Waals surface area contributed by atoms with Crippen molar-refractivity contribution in [3.8, 4) is 34.3 Å². The van der Waals surface area contributed by atoms with E-state index in [9.17, 15) is 0 Å². The van der Waals surface area contributed by atoms with E-state index in [-0.39, 0.29) is 0 Å². The van der Waals surface area contributed by atoms with E-state index in [2.05, 4.69) is 20.3 Å². The van der Waals surface area contributed by atoms with Crippen molar-refractivity contribution in [1.82, 2.24) is 15.0 Å². The van der Waals surface area contributed by atoms with E-state index in [4.69, 9.17) is 18.9 Å². The maximum Gasteiger partial charge on any atom is 0.203 e. The highest BCUT2D eigenvalue weighted by atomic mass is 16.5. The van der Waals surface area contributed by atoms with Gasteiger partial charge < -0.3 is 24.3 Å². The zero-order chi connectivity index (χ0) is 19.9. The molecule has 3 rings (SSSR count). The second-order valence-corrected chi connectivity index (χ2v) is 5.79. The molecular weight excluding hydrogens is 360 g/mol. The van der Waals surface area contributed by atoms with E-state index in [1.807, 2.05) is 24.3 Å². The van der Waals surface area contributed by atoms with E-state index in [0.717, 1.165) is 16.8 Å². The summed E-state index contributed by atoms with van der Waals surface area (Å²) in [6.07, 6.45) is 4.88. The van der Waals surface area contributed by atoms with Gasteiger partial charge in [-0.2, -0.15) is 0 Å². The number of methoxy groups -OCH3 is 4. The quantitative estimate of drug-likeness (QED) is 0.636. The van der Waals surface area contributed by atoms with Gasteiger partial charge >= 0.3 is 0 Å². The molecule has 0 fully saturated rings. The number of hydrogen-bond acceptors (Lipinski definition) is 8. The second-order valence-electron chi connectivity index (χ2n) is 5.79. The summed E-state index contributed by atoms with van der Waals surface area (Å²) in [5.41, 5.74) is 2.55. The lowest BCUT2D eigenvalue weighted by Gasteiger charge is -2.14. The number of ether oxygens (including phenoxy) is 4. The molecule has 8 nitrogen and oxygen atoms in total. The zero-order valence-corrected chi connectivity index (χ0v) is 16.2. The first kappa shape index (κ1) is 19.2. The minimum atomic E-state index is 0.517. The lowest BCUT2D eigenvalue weighted by atomic mass is 10.1. The molecule has 0 radical (unpaired) electrons. The standard InChI is InChI=1S/C20H22N4O4/c1-25-15-7-14(10-21-11-15)16-8-19(24-12-23-16)22-9-13-5-17(26-2)20(28-4)18(6-13)27-3/h5-8,10-12H,9H2,1-4H3,(H,22,23,24). The fourth-order valence-corrected chi connectivity index (χ4v) is 2.71. The van der Waals surface area contributed by atoms with E-state index in [1.165, 1.54) is 6.33 Å². The van der Waals surface area contributed by atoms with Gasteiger partial charge in [-0.15, -0.1) is 0 Å². The lowest BCUT2D eigenvalue weighted by Crippen LogP contribution is -2.04. The molecule has 8 heteroatoms. The van der Waals surface area contributed by atoms with Crippen LogP contribution in [0.25, 0.3) is 11.3 Å². The predicted molar refractivity (Wildman–Crippen MR) is 105 cm³/mol. The van der Waals surface area contributed by atoms with Crippen LogP contribution in [0.5, 0.6) is 23.0 Å². The van der Waals surface area contributed by atoms with Crippen molar-refractivity contribution in [3.05, 3.63) is 48.5 Å². The Hall–Kier alpha value is -3.55. The molecule has 0 aliphatic heterocycles. The average molecular weight is 382 g/mol. The number of rotatable bonds is 8. The van der Waals surface area contributed by atoms with Gasteiger partial charge in [0, 0.05) is 24.4 Å². The summed E-state index contributed by atoms with van der Waals surface area (Å²) < 4.78 is 21.4. The molecule has 0 amide bonds. The summed E-state index contributed by atoms with van der Waals surface area (Å²) in [7, 11) is 6.36. The minimum Gasteiger partial charge on any atom is -0.495 e. The Kier molecular flexibility index (Phi) is 6.11. The Morgan fingerprint density at radius 2 is 1.57 bits per heavy atom. The van der Waals surface area contributed by atoms with Crippen molar-refractivity contribution in [1.29, 1.82) is 0 Å². The number of anilines is 1. The predicted octanol–water partition coefficient (Wildman–Crippen LogP) is 3.19. The smallest absolute Gasteiger partial charge is 0.203 e. The van der Waals surface area contributed by atoms with Gasteiger partial charge in [-0.25, -0.2) is 9.97 Å². The van der Waals surface area contributed by atoms with Gasteiger partial charge in [0.2, 0.25) is 5.75 Å². The summed E-state index contributed by atoms with van der Waals surface area (Å²) >= 11 is 0. The molecule has 146 valence electrons. The first-order chi connectivity index (χ1) is 13.7. The Balaban J connectivity index is 1.80. The highest BCUT2D eigenvalue weighted by molar-refractivity contribution is 5.62. The van der Waals surface area contributed by atoms with Crippen LogP contribution >= 0.6 is 0 Å². The first-order valence-electron chi connectivity index (χ1n) is 8.52. The Morgan fingerprint density at radius 1 is 0.821 bits per heavy atom. The fraction of sp³-hybridized carbons (Fsp3) is 0.250. The summed E-state index contributed by atoms with van der Waals surface area (Å²) in [6, 6.07) is 7.51. The van der Waals surface area contributed by atoms with Gasteiger partial charge in [-0.1, -0.05) is 0 Å². The van der Waals surface area contributed by atoms with E-state index in [0.29, 0.717) is 35.4 Å². The van der Waals surface area contributed by atoms with Crippen LogP contribution in [0.4, 0.5) is 5.82 Å². The van der Waals surface area contributed by atoms with Crippen molar-refractivity contribution < 1.29 is 18.9 Å². The Bertz CT molecular complexity index is 924. The third-order valence-electron chi connectivity index (χ3n) is 4.11. The normalized spacial score (nSPS) is 10.3. The Labute approximate surface area is 163 Å². The molecule has 0 spiro atoms. The summed E-state index contributed by atoms with van der Waals surface area (Å²) in [5, 5.41) is 3.29. The monoisotopic (exact) mass is 382 g/mol. The number of benzene rings is 1. The van der Waals surface area contributed by atoms with Gasteiger partial charge in [0.1, 0.15) is 17.9 Å². The van der Waals surface area contributed by atoms with Gasteiger partial charge in [0.25, 0.3) is 0 Å². The van der Waals surface area contributed by atoms with E-state index in [1.54, 1.807) is 40.8 Å². The molecule has 0 atom stereocenters. The Morgan fingerprint density at radius 3 is 2.21 bits per heavy atom. The van der Waals surface area contributed by atoms with E-state index < -0.39 is 0 Å². The highest BCUT2D eigenvalue weighted by Gasteiger charge is 2.13. The van der Waals surface area contributed by atoms with Crippen molar-refractivity contribution in [2.45, 2.75) is 6.54 Å². The van der Waals surface area contributed by atoms with Crippen LogP contribution in [0, 0.1) is 0 Å². The largest absolute Gasteiger partial charge is 0.495 e. The number of aromatic nitrogens is 3. The number of hydrogen-bond donors (Lipinski definition) is 1. The van der Waals surface area contributed by atoms with Crippen LogP contribution in [0.1, 0.15) is 5.56 Å². The maximum atomic E-state index is 5.39. The van der Waals surface area contributed by atoms with Crippen molar-refractivity contribution >= 4 is 5.82 Å². The van der Waals surface area contributed by atoms with Crippen LogP contribution in [-0.2, 0) is 6.54 Å². The minimum absolute atomic E-state index is 0.517. The summed E-state index contributed by atoms with van der Waals surface area (Å²) in [4.78, 5) is 12.8. The molecule has 0 saturated heterocycles. The number of nitrogens with one attached hydrogen (secondary N) is 1. The van der Waals surface area contributed by atoms with Crippen LogP contribution in [0.3, 0.4) is 0 Å². The first-order valence-corrected chi connectivity index (χ1v) is 8.52. The lowest BCUT2D eigenvalue weighted by molar-refractivity contribution is 0.324. The topological polar surface area (TPSA) is 87.6 Å². The maximum absolute atomic E-state index is 5.39. The van der Waals surface area contributed by atoms with Crippen LogP contribution in [-0.4, -0.2) is 43.4 Å². The molecule has 2 heterocycles. The van der Waals surface area contributed by atoms with Crippen molar-refractivity contribution in [2.75, 3.05) is 33.8 Å². The third kappa shape index (κ3) is 4.22. The van der Waals surface area contributed by atoms with Gasteiger partial charge in [0.15, 0.2) is 11.5 Å². The fourth-order valence-electron chi connectivity index (χ4n) is 2.71. The second kappa shape index (κ2) is 8.90. The summed E-state index contributed by atoms with van der Waals surface area (Å²) in [6.45, 7) is 0.517. The molecule has 28 heavy (non-hydrogen) atoms. The highest BCUT2D eigenvalue weighted by Crippen LogP contribution is 2.38. The number of pyridine rings is 1. The van der Waals surface area contributed by atoms with Gasteiger partial charge in [-0.3, -0.25) is 4.98 Å². The molecule has 1 N–H and O–H groups in total. The van der Waals surface area contributed by atoms with Crippen LogP contribution < -0.4 is 24.3 Å². The third-order valence-corrected chi connectivity index (χ3v) is 4.11. The SMILES string of the molecule is COc1cncc(-c2cc(NCc3cc(OC)c(OC)c(OC)c3)ncn2)c1. The van der Waals surface area contributed by atoms with E-state index >= 15 is 0 Å². The average Bonchev–Trinajstić information content (AvgIpc) is 2.77. The zero-order valence-electron chi connectivity index (χ0n) is 16.2.